The molecule has 3 atom stereocenters. The molecule has 20 heavy (non-hydrogen) atoms. The Kier molecular flexibility index (Phi) is 2.88. The SMILES string of the molecule is CN(c1ncnc2[nH]ccc12)C1CC[C@H]2CNC[C@H]2C1. The molecule has 0 amide bonds. The van der Waals surface area contributed by atoms with Crippen LogP contribution in [0.3, 0.4) is 0 Å². The second-order valence-corrected chi connectivity index (χ2v) is 6.19. The number of hydrogen-bond acceptors (Lipinski definition) is 4. The van der Waals surface area contributed by atoms with E-state index in [1.54, 1.807) is 6.33 Å². The molecule has 3 heterocycles. The van der Waals surface area contributed by atoms with Gasteiger partial charge in [-0.25, -0.2) is 9.97 Å². The lowest BCUT2D eigenvalue weighted by molar-refractivity contribution is 0.266. The lowest BCUT2D eigenvalue weighted by Crippen LogP contribution is -2.39. The van der Waals surface area contributed by atoms with Crippen molar-refractivity contribution in [2.45, 2.75) is 25.3 Å². The monoisotopic (exact) mass is 271 g/mol. The van der Waals surface area contributed by atoms with E-state index in [9.17, 15) is 0 Å². The van der Waals surface area contributed by atoms with E-state index in [-0.39, 0.29) is 0 Å². The maximum atomic E-state index is 4.52. The molecule has 0 radical (unpaired) electrons. The van der Waals surface area contributed by atoms with Gasteiger partial charge in [-0.2, -0.15) is 0 Å². The first-order chi connectivity index (χ1) is 9.83. The molecule has 2 aliphatic rings. The first-order valence-electron chi connectivity index (χ1n) is 7.54. The van der Waals surface area contributed by atoms with E-state index >= 15 is 0 Å². The van der Waals surface area contributed by atoms with Gasteiger partial charge >= 0.3 is 0 Å². The summed E-state index contributed by atoms with van der Waals surface area (Å²) in [5.74, 6) is 2.81. The summed E-state index contributed by atoms with van der Waals surface area (Å²) in [5, 5.41) is 4.67. The van der Waals surface area contributed by atoms with Crippen LogP contribution in [0.4, 0.5) is 5.82 Å². The lowest BCUT2D eigenvalue weighted by atomic mass is 9.78. The van der Waals surface area contributed by atoms with Gasteiger partial charge in [0.2, 0.25) is 0 Å². The summed E-state index contributed by atoms with van der Waals surface area (Å²) >= 11 is 0. The Morgan fingerprint density at radius 3 is 3.05 bits per heavy atom. The number of anilines is 1. The van der Waals surface area contributed by atoms with Gasteiger partial charge in [-0.15, -0.1) is 0 Å². The second kappa shape index (κ2) is 4.74. The van der Waals surface area contributed by atoms with Gasteiger partial charge in [0.1, 0.15) is 17.8 Å². The van der Waals surface area contributed by atoms with E-state index in [1.165, 1.54) is 32.4 Å². The summed E-state index contributed by atoms with van der Waals surface area (Å²) in [6.45, 7) is 2.41. The summed E-state index contributed by atoms with van der Waals surface area (Å²) in [5.41, 5.74) is 0.929. The van der Waals surface area contributed by atoms with Crippen LogP contribution in [0.2, 0.25) is 0 Å². The van der Waals surface area contributed by atoms with E-state index in [1.807, 2.05) is 6.20 Å². The molecule has 5 heteroatoms. The third kappa shape index (κ3) is 1.88. The van der Waals surface area contributed by atoms with Gasteiger partial charge in [0.25, 0.3) is 0 Å². The Balaban J connectivity index is 1.60. The molecule has 106 valence electrons. The highest BCUT2D eigenvalue weighted by Crippen LogP contribution is 2.36. The molecule has 1 aliphatic heterocycles. The zero-order chi connectivity index (χ0) is 13.5. The molecular weight excluding hydrogens is 250 g/mol. The Labute approximate surface area is 118 Å². The van der Waals surface area contributed by atoms with Crippen LogP contribution >= 0.6 is 0 Å². The summed E-state index contributed by atoms with van der Waals surface area (Å²) < 4.78 is 0. The highest BCUT2D eigenvalue weighted by atomic mass is 15.2. The molecule has 1 saturated heterocycles. The first-order valence-corrected chi connectivity index (χ1v) is 7.54. The van der Waals surface area contributed by atoms with Crippen molar-refractivity contribution in [1.29, 1.82) is 0 Å². The average molecular weight is 271 g/mol. The number of fused-ring (bicyclic) bond motifs is 2. The maximum absolute atomic E-state index is 4.52. The molecule has 0 spiro atoms. The minimum Gasteiger partial charge on any atom is -0.356 e. The number of aromatic nitrogens is 3. The molecule has 2 aromatic rings. The Hall–Kier alpha value is -1.62. The molecule has 1 saturated carbocycles. The number of rotatable bonds is 2. The quantitative estimate of drug-likeness (QED) is 0.874. The molecule has 1 aliphatic carbocycles. The van der Waals surface area contributed by atoms with Crippen molar-refractivity contribution < 1.29 is 0 Å². The fourth-order valence-electron chi connectivity index (χ4n) is 3.94. The van der Waals surface area contributed by atoms with E-state index < -0.39 is 0 Å². The zero-order valence-corrected chi connectivity index (χ0v) is 11.8. The Morgan fingerprint density at radius 1 is 1.20 bits per heavy atom. The molecule has 5 nitrogen and oxygen atoms in total. The normalized spacial score (nSPS) is 29.6. The van der Waals surface area contributed by atoms with Crippen LogP contribution in [0.15, 0.2) is 18.6 Å². The maximum Gasteiger partial charge on any atom is 0.142 e. The van der Waals surface area contributed by atoms with Gasteiger partial charge < -0.3 is 15.2 Å². The van der Waals surface area contributed by atoms with Crippen molar-refractivity contribution in [3.05, 3.63) is 18.6 Å². The Morgan fingerprint density at radius 2 is 2.10 bits per heavy atom. The molecule has 1 unspecified atom stereocenters. The van der Waals surface area contributed by atoms with Gasteiger partial charge in [0.05, 0.1) is 5.39 Å². The average Bonchev–Trinajstić information content (AvgIpc) is 3.13. The van der Waals surface area contributed by atoms with E-state index in [4.69, 9.17) is 0 Å². The lowest BCUT2D eigenvalue weighted by Gasteiger charge is -2.37. The topological polar surface area (TPSA) is 56.8 Å². The largest absolute Gasteiger partial charge is 0.356 e. The van der Waals surface area contributed by atoms with Crippen LogP contribution in [0.1, 0.15) is 19.3 Å². The third-order valence-electron chi connectivity index (χ3n) is 5.14. The van der Waals surface area contributed by atoms with E-state index in [0.29, 0.717) is 6.04 Å². The van der Waals surface area contributed by atoms with Crippen LogP contribution in [0, 0.1) is 11.8 Å². The minimum atomic E-state index is 0.601. The van der Waals surface area contributed by atoms with Crippen molar-refractivity contribution in [3.63, 3.8) is 0 Å². The number of hydrogen-bond donors (Lipinski definition) is 2. The van der Waals surface area contributed by atoms with Crippen molar-refractivity contribution >= 4 is 16.9 Å². The van der Waals surface area contributed by atoms with Crippen molar-refractivity contribution in [1.82, 2.24) is 20.3 Å². The fraction of sp³-hybridized carbons (Fsp3) is 0.600. The second-order valence-electron chi connectivity index (χ2n) is 6.19. The predicted molar refractivity (Wildman–Crippen MR) is 79.8 cm³/mol. The van der Waals surface area contributed by atoms with Crippen molar-refractivity contribution in [2.75, 3.05) is 25.0 Å². The molecule has 0 aromatic carbocycles. The van der Waals surface area contributed by atoms with Crippen LogP contribution in [0.25, 0.3) is 11.0 Å². The van der Waals surface area contributed by atoms with E-state index in [2.05, 4.69) is 38.3 Å². The third-order valence-corrected chi connectivity index (χ3v) is 5.14. The summed E-state index contributed by atoms with van der Waals surface area (Å²) in [6, 6.07) is 2.67. The number of nitrogens with zero attached hydrogens (tertiary/aromatic N) is 3. The molecular formula is C15H21N5. The molecule has 2 aromatic heterocycles. The van der Waals surface area contributed by atoms with Crippen LogP contribution in [-0.2, 0) is 0 Å². The molecule has 2 N–H and O–H groups in total. The molecule has 4 rings (SSSR count). The first kappa shape index (κ1) is 12.1. The van der Waals surface area contributed by atoms with Gasteiger partial charge in [-0.05, 0) is 50.3 Å². The molecule has 0 bridgehead atoms. The van der Waals surface area contributed by atoms with Crippen molar-refractivity contribution in [3.8, 4) is 0 Å². The van der Waals surface area contributed by atoms with Crippen LogP contribution < -0.4 is 10.2 Å². The van der Waals surface area contributed by atoms with Gasteiger partial charge in [0, 0.05) is 19.3 Å². The summed E-state index contributed by atoms with van der Waals surface area (Å²) in [4.78, 5) is 14.3. The zero-order valence-electron chi connectivity index (χ0n) is 11.8. The van der Waals surface area contributed by atoms with E-state index in [0.717, 1.165) is 28.7 Å². The predicted octanol–water partition coefficient (Wildman–Crippen LogP) is 1.78. The fourth-order valence-corrected chi connectivity index (χ4v) is 3.94. The van der Waals surface area contributed by atoms with Crippen LogP contribution in [-0.4, -0.2) is 41.1 Å². The summed E-state index contributed by atoms with van der Waals surface area (Å²) in [6.07, 6.45) is 7.50. The van der Waals surface area contributed by atoms with Gasteiger partial charge in [-0.3, -0.25) is 0 Å². The number of aromatic amines is 1. The molecule has 2 fully saturated rings. The highest BCUT2D eigenvalue weighted by molar-refractivity contribution is 5.87. The Bertz CT molecular complexity index is 607. The van der Waals surface area contributed by atoms with Gasteiger partial charge in [0.15, 0.2) is 0 Å². The van der Waals surface area contributed by atoms with Crippen LogP contribution in [0.5, 0.6) is 0 Å². The smallest absolute Gasteiger partial charge is 0.142 e. The highest BCUT2D eigenvalue weighted by Gasteiger charge is 2.35. The number of nitrogens with one attached hydrogen (secondary N) is 2. The summed E-state index contributed by atoms with van der Waals surface area (Å²) in [7, 11) is 2.18. The van der Waals surface area contributed by atoms with Crippen molar-refractivity contribution in [2.24, 2.45) is 11.8 Å². The number of H-pyrrole nitrogens is 1. The standard InChI is InChI=1S/C15H21N5/c1-20(12-3-2-10-7-16-8-11(10)6-12)15-13-4-5-17-14(13)18-9-19-15/h4-5,9-12,16H,2-3,6-8H2,1H3,(H,17,18,19)/t10-,11+,12?/m0/s1. The van der Waals surface area contributed by atoms with Gasteiger partial charge in [-0.1, -0.05) is 0 Å². The minimum absolute atomic E-state index is 0.601.